The number of hydrogen-bond acceptors (Lipinski definition) is 1. The van der Waals surface area contributed by atoms with Gasteiger partial charge in [-0.25, -0.2) is 0 Å². The molecule has 0 fully saturated rings. The third-order valence-electron chi connectivity index (χ3n) is 1.78. The fraction of sp³-hybridized carbons (Fsp3) is 1.00. The Morgan fingerprint density at radius 1 is 1.00 bits per heavy atom. The van der Waals surface area contributed by atoms with E-state index in [1.807, 2.05) is 0 Å². The van der Waals surface area contributed by atoms with Crippen molar-refractivity contribution in [2.45, 2.75) is 57.6 Å². The molecule has 0 aromatic rings. The SMILES string of the molecule is CCCCC(S)CCCC.O. The quantitative estimate of drug-likeness (QED) is 0.607. The van der Waals surface area contributed by atoms with Crippen LogP contribution in [0.4, 0.5) is 0 Å². The van der Waals surface area contributed by atoms with E-state index in [0.717, 1.165) is 0 Å². The summed E-state index contributed by atoms with van der Waals surface area (Å²) in [5.41, 5.74) is 0. The highest BCUT2D eigenvalue weighted by molar-refractivity contribution is 7.80. The monoisotopic (exact) mass is 178 g/mol. The molecule has 2 N–H and O–H groups in total. The lowest BCUT2D eigenvalue weighted by Gasteiger charge is -2.07. The van der Waals surface area contributed by atoms with Crippen LogP contribution in [0, 0.1) is 0 Å². The predicted molar refractivity (Wildman–Crippen MR) is 55.4 cm³/mol. The largest absolute Gasteiger partial charge is 0.412 e. The van der Waals surface area contributed by atoms with Crippen molar-refractivity contribution in [2.75, 3.05) is 0 Å². The molecule has 0 heterocycles. The van der Waals surface area contributed by atoms with E-state index in [1.54, 1.807) is 0 Å². The summed E-state index contributed by atoms with van der Waals surface area (Å²) in [5, 5.41) is 0.667. The molecule has 0 aliphatic heterocycles. The fourth-order valence-corrected chi connectivity index (χ4v) is 1.39. The van der Waals surface area contributed by atoms with Gasteiger partial charge in [-0.05, 0) is 12.8 Å². The van der Waals surface area contributed by atoms with Gasteiger partial charge in [-0.2, -0.15) is 12.6 Å². The number of unbranched alkanes of at least 4 members (excludes halogenated alkanes) is 2. The minimum Gasteiger partial charge on any atom is -0.412 e. The Labute approximate surface area is 76.3 Å². The average molecular weight is 178 g/mol. The molecule has 0 atom stereocenters. The summed E-state index contributed by atoms with van der Waals surface area (Å²) in [7, 11) is 0. The highest BCUT2D eigenvalue weighted by Gasteiger charge is 1.99. The number of rotatable bonds is 6. The molecule has 0 unspecified atom stereocenters. The summed E-state index contributed by atoms with van der Waals surface area (Å²) < 4.78 is 0. The summed E-state index contributed by atoms with van der Waals surface area (Å²) in [6, 6.07) is 0. The Hall–Kier alpha value is 0.310. The molecule has 0 aliphatic rings. The molecule has 0 amide bonds. The Kier molecular flexibility index (Phi) is 13.0. The van der Waals surface area contributed by atoms with Crippen LogP contribution in [0.1, 0.15) is 52.4 Å². The molecule has 70 valence electrons. The molecule has 0 aromatic heterocycles. The Bertz CT molecular complexity index is 58.6. The van der Waals surface area contributed by atoms with Gasteiger partial charge in [0.25, 0.3) is 0 Å². The first-order valence-electron chi connectivity index (χ1n) is 4.49. The van der Waals surface area contributed by atoms with Gasteiger partial charge in [0.2, 0.25) is 0 Å². The third kappa shape index (κ3) is 10.3. The lowest BCUT2D eigenvalue weighted by atomic mass is 10.1. The second kappa shape index (κ2) is 10.3. The van der Waals surface area contributed by atoms with E-state index in [4.69, 9.17) is 0 Å². The maximum atomic E-state index is 4.50. The van der Waals surface area contributed by atoms with E-state index in [-0.39, 0.29) is 5.48 Å². The van der Waals surface area contributed by atoms with Crippen molar-refractivity contribution in [3.8, 4) is 0 Å². The standard InChI is InChI=1S/C9H20S.H2O/c1-3-5-7-9(10)8-6-4-2;/h9-10H,3-8H2,1-2H3;1H2. The minimum absolute atomic E-state index is 0. The minimum atomic E-state index is 0. The van der Waals surface area contributed by atoms with Crippen molar-refractivity contribution < 1.29 is 5.48 Å². The van der Waals surface area contributed by atoms with Crippen molar-refractivity contribution in [2.24, 2.45) is 0 Å². The molecule has 0 radical (unpaired) electrons. The van der Waals surface area contributed by atoms with Gasteiger partial charge in [0.15, 0.2) is 0 Å². The van der Waals surface area contributed by atoms with Crippen LogP contribution in [0.3, 0.4) is 0 Å². The van der Waals surface area contributed by atoms with Crippen LogP contribution in [0.2, 0.25) is 0 Å². The maximum Gasteiger partial charge on any atom is 0.00168 e. The Morgan fingerprint density at radius 2 is 1.36 bits per heavy atom. The molecule has 0 rings (SSSR count). The van der Waals surface area contributed by atoms with Crippen LogP contribution in [-0.4, -0.2) is 10.7 Å². The normalized spacial score (nSPS) is 9.82. The summed E-state index contributed by atoms with van der Waals surface area (Å²) in [5.74, 6) is 0. The smallest absolute Gasteiger partial charge is 0.00168 e. The topological polar surface area (TPSA) is 31.5 Å². The highest BCUT2D eigenvalue weighted by atomic mass is 32.1. The van der Waals surface area contributed by atoms with Crippen LogP contribution in [0.5, 0.6) is 0 Å². The summed E-state index contributed by atoms with van der Waals surface area (Å²) in [4.78, 5) is 0. The first kappa shape index (κ1) is 13.9. The van der Waals surface area contributed by atoms with Gasteiger partial charge in [-0.15, -0.1) is 0 Å². The zero-order chi connectivity index (χ0) is 7.82. The van der Waals surface area contributed by atoms with Crippen LogP contribution in [-0.2, 0) is 0 Å². The molecular formula is C9H22OS. The highest BCUT2D eigenvalue weighted by Crippen LogP contribution is 2.13. The fourth-order valence-electron chi connectivity index (χ4n) is 1.02. The molecule has 0 saturated carbocycles. The van der Waals surface area contributed by atoms with Gasteiger partial charge in [-0.3, -0.25) is 0 Å². The lowest BCUT2D eigenvalue weighted by Crippen LogP contribution is -1.97. The molecule has 2 heteroatoms. The second-order valence-corrected chi connectivity index (χ2v) is 3.67. The van der Waals surface area contributed by atoms with Crippen LogP contribution < -0.4 is 0 Å². The zero-order valence-electron chi connectivity index (χ0n) is 7.77. The summed E-state index contributed by atoms with van der Waals surface area (Å²) in [6.07, 6.45) is 7.92. The predicted octanol–water partition coefficient (Wildman–Crippen LogP) is 2.84. The van der Waals surface area contributed by atoms with Gasteiger partial charge in [0.1, 0.15) is 0 Å². The molecule has 0 bridgehead atoms. The van der Waals surface area contributed by atoms with Gasteiger partial charge >= 0.3 is 0 Å². The van der Waals surface area contributed by atoms with Gasteiger partial charge < -0.3 is 5.48 Å². The molecule has 11 heavy (non-hydrogen) atoms. The molecule has 0 saturated heterocycles. The number of thiol groups is 1. The van der Waals surface area contributed by atoms with Gasteiger partial charge in [0.05, 0.1) is 0 Å². The molecule has 0 aliphatic carbocycles. The van der Waals surface area contributed by atoms with E-state index in [2.05, 4.69) is 26.5 Å². The summed E-state index contributed by atoms with van der Waals surface area (Å²) in [6.45, 7) is 4.47. The third-order valence-corrected chi connectivity index (χ3v) is 2.30. The van der Waals surface area contributed by atoms with Crippen molar-refractivity contribution in [3.63, 3.8) is 0 Å². The lowest BCUT2D eigenvalue weighted by molar-refractivity contribution is 0.618. The van der Waals surface area contributed by atoms with E-state index in [1.165, 1.54) is 38.5 Å². The van der Waals surface area contributed by atoms with Gasteiger partial charge in [0, 0.05) is 5.25 Å². The Balaban J connectivity index is 0. The first-order chi connectivity index (χ1) is 4.81. The van der Waals surface area contributed by atoms with Crippen LogP contribution >= 0.6 is 12.6 Å². The molecular weight excluding hydrogens is 156 g/mol. The van der Waals surface area contributed by atoms with E-state index < -0.39 is 0 Å². The van der Waals surface area contributed by atoms with Crippen LogP contribution in [0.15, 0.2) is 0 Å². The van der Waals surface area contributed by atoms with Crippen LogP contribution in [0.25, 0.3) is 0 Å². The molecule has 0 aromatic carbocycles. The average Bonchev–Trinajstić information content (AvgIpc) is 1.97. The van der Waals surface area contributed by atoms with Gasteiger partial charge in [-0.1, -0.05) is 39.5 Å². The van der Waals surface area contributed by atoms with Crippen molar-refractivity contribution >= 4 is 12.6 Å². The van der Waals surface area contributed by atoms with Crippen molar-refractivity contribution in [1.29, 1.82) is 0 Å². The number of hydrogen-bond donors (Lipinski definition) is 1. The van der Waals surface area contributed by atoms with Crippen molar-refractivity contribution in [3.05, 3.63) is 0 Å². The van der Waals surface area contributed by atoms with E-state index in [0.29, 0.717) is 5.25 Å². The van der Waals surface area contributed by atoms with E-state index in [9.17, 15) is 0 Å². The first-order valence-corrected chi connectivity index (χ1v) is 5.01. The van der Waals surface area contributed by atoms with Crippen molar-refractivity contribution in [1.82, 2.24) is 0 Å². The zero-order valence-corrected chi connectivity index (χ0v) is 8.66. The summed E-state index contributed by atoms with van der Waals surface area (Å²) >= 11 is 4.50. The van der Waals surface area contributed by atoms with E-state index >= 15 is 0 Å². The maximum absolute atomic E-state index is 4.50. The second-order valence-electron chi connectivity index (χ2n) is 2.94. The molecule has 1 nitrogen and oxygen atoms in total. The molecule has 0 spiro atoms. The Morgan fingerprint density at radius 3 is 1.64 bits per heavy atom.